The minimum Gasteiger partial charge on any atom is -0.494 e. The Kier molecular flexibility index (Phi) is 4.91. The second-order valence-corrected chi connectivity index (χ2v) is 5.63. The lowest BCUT2D eigenvalue weighted by atomic mass is 10.1. The molecule has 1 heterocycles. The van der Waals surface area contributed by atoms with Gasteiger partial charge in [-0.05, 0) is 36.8 Å². The van der Waals surface area contributed by atoms with E-state index in [4.69, 9.17) is 4.74 Å². The number of nitrogens with one attached hydrogen (secondary N) is 1. The summed E-state index contributed by atoms with van der Waals surface area (Å²) in [5.41, 5.74) is 2.97. The van der Waals surface area contributed by atoms with E-state index in [1.54, 1.807) is 6.07 Å². The first-order valence-electron chi connectivity index (χ1n) is 7.83. The van der Waals surface area contributed by atoms with Crippen molar-refractivity contribution >= 4 is 0 Å². The van der Waals surface area contributed by atoms with E-state index in [1.807, 2.05) is 60.4 Å². The third-order valence-electron chi connectivity index (χ3n) is 3.95. The Bertz CT molecular complexity index is 801. The van der Waals surface area contributed by atoms with Gasteiger partial charge in [-0.25, -0.2) is 9.07 Å². The van der Waals surface area contributed by atoms with E-state index in [-0.39, 0.29) is 17.6 Å². The summed E-state index contributed by atoms with van der Waals surface area (Å²) in [4.78, 5) is 0. The third-order valence-corrected chi connectivity index (χ3v) is 3.95. The van der Waals surface area contributed by atoms with Crippen LogP contribution in [0, 0.1) is 5.82 Å². The molecule has 0 bridgehead atoms. The molecule has 0 amide bonds. The molecular formula is C19H20FN3O. The molecule has 0 aliphatic heterocycles. The monoisotopic (exact) mass is 325 g/mol. The number of hydrogen-bond donors (Lipinski definition) is 1. The van der Waals surface area contributed by atoms with E-state index in [9.17, 15) is 4.39 Å². The number of nitrogens with zero attached hydrogens (tertiary/aromatic N) is 2. The van der Waals surface area contributed by atoms with E-state index >= 15 is 0 Å². The largest absolute Gasteiger partial charge is 0.494 e. The van der Waals surface area contributed by atoms with Crippen molar-refractivity contribution in [3.63, 3.8) is 0 Å². The quantitative estimate of drug-likeness (QED) is 0.748. The van der Waals surface area contributed by atoms with Gasteiger partial charge in [-0.1, -0.05) is 24.3 Å². The highest BCUT2D eigenvalue weighted by Gasteiger charge is 2.10. The zero-order valence-corrected chi connectivity index (χ0v) is 13.7. The van der Waals surface area contributed by atoms with E-state index in [2.05, 4.69) is 10.4 Å². The van der Waals surface area contributed by atoms with Gasteiger partial charge in [0.1, 0.15) is 0 Å². The number of methoxy groups -OCH3 is 1. The Hall–Kier alpha value is -2.66. The number of para-hydroxylation sites is 1. The van der Waals surface area contributed by atoms with Gasteiger partial charge in [-0.2, -0.15) is 5.10 Å². The van der Waals surface area contributed by atoms with Gasteiger partial charge >= 0.3 is 0 Å². The van der Waals surface area contributed by atoms with Gasteiger partial charge in [0, 0.05) is 24.3 Å². The molecule has 0 aliphatic rings. The standard InChI is InChI=1S/C19H20FN3O/c1-14(16-8-9-19(24-2)18(20)10-16)21-11-15-12-22-23(13-15)17-6-4-3-5-7-17/h3-10,12-14,21H,11H2,1-2H3/t14-/m1/s1. The fraction of sp³-hybridized carbons (Fsp3) is 0.211. The zero-order chi connectivity index (χ0) is 16.9. The molecule has 4 nitrogen and oxygen atoms in total. The molecule has 0 saturated carbocycles. The second kappa shape index (κ2) is 7.27. The van der Waals surface area contributed by atoms with Gasteiger partial charge in [0.15, 0.2) is 11.6 Å². The summed E-state index contributed by atoms with van der Waals surface area (Å²) in [6, 6.07) is 15.0. The summed E-state index contributed by atoms with van der Waals surface area (Å²) >= 11 is 0. The summed E-state index contributed by atoms with van der Waals surface area (Å²) in [5, 5.41) is 7.76. The molecule has 24 heavy (non-hydrogen) atoms. The lowest BCUT2D eigenvalue weighted by Gasteiger charge is -2.14. The van der Waals surface area contributed by atoms with Crippen LogP contribution in [0.4, 0.5) is 4.39 Å². The summed E-state index contributed by atoms with van der Waals surface area (Å²) in [6.07, 6.45) is 3.82. The minimum absolute atomic E-state index is 0.0190. The van der Waals surface area contributed by atoms with Crippen molar-refractivity contribution < 1.29 is 9.13 Å². The molecule has 0 spiro atoms. The van der Waals surface area contributed by atoms with Crippen molar-refractivity contribution in [2.45, 2.75) is 19.5 Å². The Morgan fingerprint density at radius 3 is 2.71 bits per heavy atom. The molecule has 1 atom stereocenters. The summed E-state index contributed by atoms with van der Waals surface area (Å²) in [5.74, 6) is -0.0874. The molecule has 0 unspecified atom stereocenters. The molecule has 3 aromatic rings. The fourth-order valence-corrected chi connectivity index (χ4v) is 2.51. The van der Waals surface area contributed by atoms with E-state index in [0.717, 1.165) is 16.8 Å². The number of aromatic nitrogens is 2. The second-order valence-electron chi connectivity index (χ2n) is 5.63. The van der Waals surface area contributed by atoms with Crippen LogP contribution in [0.15, 0.2) is 60.9 Å². The summed E-state index contributed by atoms with van der Waals surface area (Å²) in [6.45, 7) is 2.66. The van der Waals surface area contributed by atoms with E-state index in [0.29, 0.717) is 6.54 Å². The van der Waals surface area contributed by atoms with Crippen molar-refractivity contribution in [1.82, 2.24) is 15.1 Å². The summed E-state index contributed by atoms with van der Waals surface area (Å²) in [7, 11) is 1.46. The number of halogens is 1. The molecule has 5 heteroatoms. The predicted molar refractivity (Wildman–Crippen MR) is 91.8 cm³/mol. The van der Waals surface area contributed by atoms with Gasteiger partial charge in [0.2, 0.25) is 0 Å². The first-order valence-corrected chi connectivity index (χ1v) is 7.83. The first kappa shape index (κ1) is 16.2. The molecule has 3 rings (SSSR count). The highest BCUT2D eigenvalue weighted by Crippen LogP contribution is 2.22. The Morgan fingerprint density at radius 2 is 2.00 bits per heavy atom. The number of ether oxygens (including phenoxy) is 1. The predicted octanol–water partition coefficient (Wildman–Crippen LogP) is 3.87. The first-order chi connectivity index (χ1) is 11.7. The highest BCUT2D eigenvalue weighted by molar-refractivity contribution is 5.32. The van der Waals surface area contributed by atoms with Gasteiger partial charge < -0.3 is 10.1 Å². The van der Waals surface area contributed by atoms with Crippen molar-refractivity contribution in [1.29, 1.82) is 0 Å². The minimum atomic E-state index is -0.347. The molecule has 0 aliphatic carbocycles. The number of hydrogen-bond acceptors (Lipinski definition) is 3. The van der Waals surface area contributed by atoms with Crippen molar-refractivity contribution in [2.75, 3.05) is 7.11 Å². The molecule has 1 aromatic heterocycles. The molecule has 0 fully saturated rings. The van der Waals surface area contributed by atoms with Crippen LogP contribution in [-0.4, -0.2) is 16.9 Å². The third kappa shape index (κ3) is 3.63. The Morgan fingerprint density at radius 1 is 1.21 bits per heavy atom. The molecule has 0 saturated heterocycles. The van der Waals surface area contributed by atoms with Gasteiger partial charge in [0.25, 0.3) is 0 Å². The SMILES string of the molecule is COc1ccc([C@@H](C)NCc2cnn(-c3ccccc3)c2)cc1F. The molecule has 1 N–H and O–H groups in total. The Balaban J connectivity index is 1.63. The van der Waals surface area contributed by atoms with E-state index in [1.165, 1.54) is 13.2 Å². The Labute approximate surface area is 140 Å². The lowest BCUT2D eigenvalue weighted by Crippen LogP contribution is -2.18. The van der Waals surface area contributed by atoms with Crippen molar-refractivity contribution in [3.05, 3.63) is 77.9 Å². The van der Waals surface area contributed by atoms with E-state index < -0.39 is 0 Å². The molecular weight excluding hydrogens is 305 g/mol. The van der Waals surface area contributed by atoms with Crippen molar-refractivity contribution in [2.24, 2.45) is 0 Å². The molecule has 0 radical (unpaired) electrons. The fourth-order valence-electron chi connectivity index (χ4n) is 2.51. The maximum atomic E-state index is 13.8. The van der Waals surface area contributed by atoms with Gasteiger partial charge in [-0.3, -0.25) is 0 Å². The van der Waals surface area contributed by atoms with Crippen LogP contribution in [0.25, 0.3) is 5.69 Å². The normalized spacial score (nSPS) is 12.1. The molecule has 2 aromatic carbocycles. The number of benzene rings is 2. The van der Waals surface area contributed by atoms with Crippen LogP contribution in [0.3, 0.4) is 0 Å². The van der Waals surface area contributed by atoms with Gasteiger partial charge in [0.05, 0.1) is 19.0 Å². The van der Waals surface area contributed by atoms with Crippen LogP contribution in [0.1, 0.15) is 24.1 Å². The lowest BCUT2D eigenvalue weighted by molar-refractivity contribution is 0.385. The van der Waals surface area contributed by atoms with Gasteiger partial charge in [-0.15, -0.1) is 0 Å². The summed E-state index contributed by atoms with van der Waals surface area (Å²) < 4.78 is 20.6. The van der Waals surface area contributed by atoms with Crippen molar-refractivity contribution in [3.8, 4) is 11.4 Å². The topological polar surface area (TPSA) is 39.1 Å². The maximum absolute atomic E-state index is 13.8. The van der Waals surface area contributed by atoms with Crippen LogP contribution in [-0.2, 0) is 6.54 Å². The zero-order valence-electron chi connectivity index (χ0n) is 13.7. The van der Waals surface area contributed by atoms with Crippen LogP contribution < -0.4 is 10.1 Å². The highest BCUT2D eigenvalue weighted by atomic mass is 19.1. The number of rotatable bonds is 6. The average molecular weight is 325 g/mol. The smallest absolute Gasteiger partial charge is 0.165 e. The maximum Gasteiger partial charge on any atom is 0.165 e. The van der Waals surface area contributed by atoms with Crippen LogP contribution >= 0.6 is 0 Å². The average Bonchev–Trinajstić information content (AvgIpc) is 3.09. The molecule has 124 valence electrons. The van der Waals surface area contributed by atoms with Crippen LogP contribution in [0.2, 0.25) is 0 Å². The van der Waals surface area contributed by atoms with Crippen LogP contribution in [0.5, 0.6) is 5.75 Å².